The van der Waals surface area contributed by atoms with E-state index < -0.39 is 0 Å². The van der Waals surface area contributed by atoms with Crippen molar-refractivity contribution < 1.29 is 19.1 Å². The van der Waals surface area contributed by atoms with Crippen LogP contribution in [0.5, 0.6) is 5.75 Å². The van der Waals surface area contributed by atoms with Gasteiger partial charge < -0.3 is 14.8 Å². The Labute approximate surface area is 193 Å². The summed E-state index contributed by atoms with van der Waals surface area (Å²) in [6, 6.07) is 18.9. The molecule has 5 nitrogen and oxygen atoms in total. The van der Waals surface area contributed by atoms with E-state index in [1.54, 1.807) is 25.2 Å². The lowest BCUT2D eigenvalue weighted by molar-refractivity contribution is -0.141. The fourth-order valence-electron chi connectivity index (χ4n) is 3.60. The summed E-state index contributed by atoms with van der Waals surface area (Å²) in [5, 5.41) is 3.79. The second-order valence-electron chi connectivity index (χ2n) is 7.43. The lowest BCUT2D eigenvalue weighted by Gasteiger charge is -2.18. The highest BCUT2D eigenvalue weighted by Crippen LogP contribution is 2.29. The van der Waals surface area contributed by atoms with Crippen molar-refractivity contribution in [3.05, 3.63) is 87.9 Å². The monoisotopic (exact) mass is 451 g/mol. The number of rotatable bonds is 9. The van der Waals surface area contributed by atoms with Crippen molar-refractivity contribution in [2.45, 2.75) is 26.0 Å². The van der Waals surface area contributed by atoms with Crippen LogP contribution in [0, 0.1) is 6.92 Å². The van der Waals surface area contributed by atoms with Gasteiger partial charge in [0.25, 0.3) is 0 Å². The maximum atomic E-state index is 11.7. The Morgan fingerprint density at radius 2 is 1.91 bits per heavy atom. The van der Waals surface area contributed by atoms with E-state index in [0.717, 1.165) is 39.1 Å². The molecule has 0 heterocycles. The number of carbonyl (C=O) groups is 2. The van der Waals surface area contributed by atoms with Gasteiger partial charge in [-0.3, -0.25) is 9.59 Å². The largest absolute Gasteiger partial charge is 0.489 e. The SMILES string of the molecule is CNC(CC(=O)OC)c1ccc(OCc2cccc(-c3cccc(Cl)c3C)c2)cc1C=O. The first-order chi connectivity index (χ1) is 15.5. The van der Waals surface area contributed by atoms with Gasteiger partial charge in [0.05, 0.1) is 13.5 Å². The van der Waals surface area contributed by atoms with Crippen molar-refractivity contribution in [1.82, 2.24) is 5.32 Å². The average Bonchev–Trinajstić information content (AvgIpc) is 2.82. The second kappa shape index (κ2) is 10.9. The first kappa shape index (κ1) is 23.5. The number of carbonyl (C=O) groups excluding carboxylic acids is 2. The normalized spacial score (nSPS) is 11.6. The minimum atomic E-state index is -0.351. The zero-order valence-corrected chi connectivity index (χ0v) is 19.1. The van der Waals surface area contributed by atoms with Crippen molar-refractivity contribution in [1.29, 1.82) is 0 Å². The van der Waals surface area contributed by atoms with E-state index in [1.807, 2.05) is 43.3 Å². The number of halogens is 1. The minimum Gasteiger partial charge on any atom is -0.489 e. The molecular weight excluding hydrogens is 426 g/mol. The molecule has 0 aliphatic rings. The topological polar surface area (TPSA) is 64.6 Å². The Balaban J connectivity index is 1.77. The molecule has 0 bridgehead atoms. The maximum Gasteiger partial charge on any atom is 0.307 e. The van der Waals surface area contributed by atoms with Crippen LogP contribution in [0.15, 0.2) is 60.7 Å². The van der Waals surface area contributed by atoms with Gasteiger partial charge >= 0.3 is 5.97 Å². The van der Waals surface area contributed by atoms with E-state index in [2.05, 4.69) is 11.4 Å². The molecule has 0 amide bonds. The van der Waals surface area contributed by atoms with E-state index >= 15 is 0 Å². The maximum absolute atomic E-state index is 11.7. The number of nitrogens with one attached hydrogen (secondary N) is 1. The van der Waals surface area contributed by atoms with Gasteiger partial charge in [-0.2, -0.15) is 0 Å². The van der Waals surface area contributed by atoms with Crippen LogP contribution in [0.2, 0.25) is 5.02 Å². The Bertz CT molecular complexity index is 1110. The molecule has 0 saturated carbocycles. The minimum absolute atomic E-state index is 0.129. The van der Waals surface area contributed by atoms with E-state index in [1.165, 1.54) is 7.11 Å². The Morgan fingerprint density at radius 3 is 2.62 bits per heavy atom. The van der Waals surface area contributed by atoms with Gasteiger partial charge in [-0.25, -0.2) is 0 Å². The summed E-state index contributed by atoms with van der Waals surface area (Å²) in [4.78, 5) is 23.3. The smallest absolute Gasteiger partial charge is 0.307 e. The molecule has 0 aliphatic heterocycles. The zero-order chi connectivity index (χ0) is 23.1. The van der Waals surface area contributed by atoms with E-state index in [0.29, 0.717) is 17.9 Å². The fraction of sp³-hybridized carbons (Fsp3) is 0.231. The highest BCUT2D eigenvalue weighted by atomic mass is 35.5. The van der Waals surface area contributed by atoms with Crippen molar-refractivity contribution in [3.63, 3.8) is 0 Å². The zero-order valence-electron chi connectivity index (χ0n) is 18.4. The third-order valence-electron chi connectivity index (χ3n) is 5.42. The average molecular weight is 452 g/mol. The number of benzene rings is 3. The Kier molecular flexibility index (Phi) is 8.03. The molecule has 6 heteroatoms. The van der Waals surface area contributed by atoms with Crippen LogP contribution in [0.3, 0.4) is 0 Å². The van der Waals surface area contributed by atoms with Gasteiger partial charge in [0.2, 0.25) is 0 Å². The number of hydrogen-bond acceptors (Lipinski definition) is 5. The van der Waals surface area contributed by atoms with Crippen LogP contribution >= 0.6 is 11.6 Å². The van der Waals surface area contributed by atoms with Crippen molar-refractivity contribution in [3.8, 4) is 16.9 Å². The molecule has 32 heavy (non-hydrogen) atoms. The molecule has 0 spiro atoms. The van der Waals surface area contributed by atoms with Crippen LogP contribution < -0.4 is 10.1 Å². The molecule has 1 N–H and O–H groups in total. The number of methoxy groups -OCH3 is 1. The van der Waals surface area contributed by atoms with E-state index in [-0.39, 0.29) is 18.4 Å². The Morgan fingerprint density at radius 1 is 1.12 bits per heavy atom. The van der Waals surface area contributed by atoms with Crippen LogP contribution in [0.4, 0.5) is 0 Å². The molecule has 3 aromatic rings. The third-order valence-corrected chi connectivity index (χ3v) is 5.83. The van der Waals surface area contributed by atoms with Crippen LogP contribution in [-0.2, 0) is 16.1 Å². The van der Waals surface area contributed by atoms with Gasteiger partial charge in [0.15, 0.2) is 6.29 Å². The molecule has 0 fully saturated rings. The summed E-state index contributed by atoms with van der Waals surface area (Å²) < 4.78 is 10.7. The molecule has 1 unspecified atom stereocenters. The summed E-state index contributed by atoms with van der Waals surface area (Å²) >= 11 is 6.27. The van der Waals surface area contributed by atoms with Crippen molar-refractivity contribution in [2.24, 2.45) is 0 Å². The van der Waals surface area contributed by atoms with Gasteiger partial charge in [-0.15, -0.1) is 0 Å². The molecule has 0 saturated heterocycles. The van der Waals surface area contributed by atoms with Crippen molar-refractivity contribution >= 4 is 23.9 Å². The lowest BCUT2D eigenvalue weighted by atomic mass is 9.98. The molecule has 0 radical (unpaired) electrons. The summed E-state index contributed by atoms with van der Waals surface area (Å²) in [5.74, 6) is 0.226. The van der Waals surface area contributed by atoms with Crippen LogP contribution in [-0.4, -0.2) is 26.4 Å². The Hall–Kier alpha value is -3.15. The molecule has 1 atom stereocenters. The highest BCUT2D eigenvalue weighted by Gasteiger charge is 2.18. The molecule has 3 aromatic carbocycles. The van der Waals surface area contributed by atoms with Gasteiger partial charge in [0.1, 0.15) is 12.4 Å². The number of hydrogen-bond donors (Lipinski definition) is 1. The third kappa shape index (κ3) is 5.55. The molecule has 166 valence electrons. The van der Waals surface area contributed by atoms with E-state index in [4.69, 9.17) is 21.1 Å². The molecular formula is C26H26ClNO4. The first-order valence-electron chi connectivity index (χ1n) is 10.3. The van der Waals surface area contributed by atoms with E-state index in [9.17, 15) is 9.59 Å². The standard InChI is InChI=1S/C26H26ClNO4/c1-17-22(8-5-9-24(17)27)19-7-4-6-18(12-19)16-32-21-10-11-23(20(13-21)15-29)25(28-2)14-26(30)31-3/h4-13,15,25,28H,14,16H2,1-3H3. The summed E-state index contributed by atoms with van der Waals surface area (Å²) in [5.41, 5.74) is 5.36. The summed E-state index contributed by atoms with van der Waals surface area (Å²) in [6.07, 6.45) is 0.899. The van der Waals surface area contributed by atoms with Gasteiger partial charge in [0, 0.05) is 16.6 Å². The predicted molar refractivity (Wildman–Crippen MR) is 126 cm³/mol. The fourth-order valence-corrected chi connectivity index (χ4v) is 3.77. The molecule has 3 rings (SSSR count). The quantitative estimate of drug-likeness (QED) is 0.342. The first-order valence-corrected chi connectivity index (χ1v) is 10.6. The summed E-state index contributed by atoms with van der Waals surface area (Å²) in [7, 11) is 3.08. The van der Waals surface area contributed by atoms with Gasteiger partial charge in [-0.1, -0.05) is 48.0 Å². The highest BCUT2D eigenvalue weighted by molar-refractivity contribution is 6.31. The lowest BCUT2D eigenvalue weighted by Crippen LogP contribution is -2.22. The molecule has 0 aliphatic carbocycles. The number of esters is 1. The number of ether oxygens (including phenoxy) is 2. The van der Waals surface area contributed by atoms with Gasteiger partial charge in [-0.05, 0) is 66.1 Å². The predicted octanol–water partition coefficient (Wildman–Crippen LogP) is 5.53. The van der Waals surface area contributed by atoms with Crippen LogP contribution in [0.1, 0.15) is 39.5 Å². The van der Waals surface area contributed by atoms with Crippen LogP contribution in [0.25, 0.3) is 11.1 Å². The second-order valence-corrected chi connectivity index (χ2v) is 7.84. The molecule has 0 aromatic heterocycles. The number of aldehydes is 1. The van der Waals surface area contributed by atoms with Crippen molar-refractivity contribution in [2.75, 3.05) is 14.2 Å². The summed E-state index contributed by atoms with van der Waals surface area (Å²) in [6.45, 7) is 2.35.